The van der Waals surface area contributed by atoms with E-state index in [9.17, 15) is 14.9 Å². The van der Waals surface area contributed by atoms with Crippen LogP contribution >= 0.6 is 0 Å². The third-order valence-corrected chi connectivity index (χ3v) is 4.83. The molecule has 1 aliphatic rings. The van der Waals surface area contributed by atoms with Gasteiger partial charge in [-0.3, -0.25) is 19.8 Å². The first-order chi connectivity index (χ1) is 13.0. The molecule has 0 atom stereocenters. The Morgan fingerprint density at radius 3 is 2.67 bits per heavy atom. The quantitative estimate of drug-likeness (QED) is 0.290. The Morgan fingerprint density at radius 2 is 2.00 bits per heavy atom. The molecular formula is C19H30N4O4. The Kier molecular flexibility index (Phi) is 8.47. The van der Waals surface area contributed by atoms with E-state index in [1.807, 2.05) is 0 Å². The molecule has 1 saturated heterocycles. The Hall–Kier alpha value is -2.19. The van der Waals surface area contributed by atoms with Crippen LogP contribution in [0.4, 0.5) is 11.4 Å². The van der Waals surface area contributed by atoms with Crippen molar-refractivity contribution in [3.8, 4) is 0 Å². The zero-order chi connectivity index (χ0) is 19.6. The third kappa shape index (κ3) is 6.48. The van der Waals surface area contributed by atoms with Gasteiger partial charge in [-0.1, -0.05) is 26.2 Å². The second-order valence-electron chi connectivity index (χ2n) is 6.84. The van der Waals surface area contributed by atoms with E-state index >= 15 is 0 Å². The number of nitrogens with zero attached hydrogens (tertiary/aromatic N) is 3. The average molecular weight is 378 g/mol. The molecule has 0 saturated carbocycles. The summed E-state index contributed by atoms with van der Waals surface area (Å²) in [5.74, 6) is -0.178. The number of nitrogen functional groups attached to an aromatic ring is 1. The molecule has 1 fully saturated rings. The molecule has 0 aliphatic carbocycles. The number of carbonyl (C=O) groups excluding carboxylic acids is 1. The van der Waals surface area contributed by atoms with E-state index in [4.69, 9.17) is 10.5 Å². The van der Waals surface area contributed by atoms with Crippen LogP contribution in [0.3, 0.4) is 0 Å². The summed E-state index contributed by atoms with van der Waals surface area (Å²) in [4.78, 5) is 27.6. The number of unbranched alkanes of at least 4 members (excludes halogenated alkanes) is 3. The Balaban J connectivity index is 2.06. The Morgan fingerprint density at radius 1 is 1.26 bits per heavy atom. The minimum atomic E-state index is -0.550. The van der Waals surface area contributed by atoms with Gasteiger partial charge in [0.15, 0.2) is 0 Å². The Labute approximate surface area is 160 Å². The van der Waals surface area contributed by atoms with E-state index in [1.165, 1.54) is 12.1 Å². The number of amides is 1. The molecule has 2 N–H and O–H groups in total. The number of carbonyl (C=O) groups is 1. The summed E-state index contributed by atoms with van der Waals surface area (Å²) in [6.07, 6.45) is 4.27. The number of ether oxygens (including phenoxy) is 1. The minimum Gasteiger partial charge on any atom is -0.393 e. The van der Waals surface area contributed by atoms with Crippen molar-refractivity contribution in [2.45, 2.75) is 32.6 Å². The highest BCUT2D eigenvalue weighted by Crippen LogP contribution is 2.23. The van der Waals surface area contributed by atoms with E-state index < -0.39 is 4.92 Å². The predicted molar refractivity (Wildman–Crippen MR) is 105 cm³/mol. The molecule has 0 unspecified atom stereocenters. The lowest BCUT2D eigenvalue weighted by atomic mass is 10.1. The van der Waals surface area contributed by atoms with Crippen molar-refractivity contribution in [3.05, 3.63) is 33.9 Å². The number of morpholine rings is 1. The molecule has 0 bridgehead atoms. The van der Waals surface area contributed by atoms with Crippen molar-refractivity contribution in [2.24, 2.45) is 0 Å². The van der Waals surface area contributed by atoms with E-state index in [0.717, 1.165) is 45.3 Å². The van der Waals surface area contributed by atoms with Crippen LogP contribution < -0.4 is 5.73 Å². The van der Waals surface area contributed by atoms with Crippen molar-refractivity contribution in [2.75, 3.05) is 51.7 Å². The zero-order valence-corrected chi connectivity index (χ0v) is 16.1. The molecule has 1 amide bonds. The predicted octanol–water partition coefficient (Wildman–Crippen LogP) is 2.53. The van der Waals surface area contributed by atoms with Gasteiger partial charge in [0.2, 0.25) is 0 Å². The largest absolute Gasteiger partial charge is 0.393 e. The normalized spacial score (nSPS) is 14.9. The standard InChI is InChI=1S/C19H30N4O4/c1-2-3-4-5-8-22(10-9-21-11-13-27-14-12-21)19(24)16-6-7-17(20)18(15-16)23(25)26/h6-7,15H,2-5,8-14,20H2,1H3. The van der Waals surface area contributed by atoms with Crippen LogP contribution in [0.1, 0.15) is 43.0 Å². The van der Waals surface area contributed by atoms with Crippen molar-refractivity contribution in [1.82, 2.24) is 9.80 Å². The second kappa shape index (κ2) is 10.8. The maximum Gasteiger partial charge on any atom is 0.292 e. The molecule has 1 heterocycles. The number of nitro benzene ring substituents is 1. The summed E-state index contributed by atoms with van der Waals surface area (Å²) in [6, 6.07) is 4.28. The first kappa shape index (κ1) is 21.1. The topological polar surface area (TPSA) is 102 Å². The van der Waals surface area contributed by atoms with Crippen LogP contribution in [-0.4, -0.2) is 66.6 Å². The summed E-state index contributed by atoms with van der Waals surface area (Å²) in [5, 5.41) is 11.1. The van der Waals surface area contributed by atoms with E-state index in [1.54, 1.807) is 11.0 Å². The molecule has 8 nitrogen and oxygen atoms in total. The van der Waals surface area contributed by atoms with Crippen LogP contribution in [0.25, 0.3) is 0 Å². The van der Waals surface area contributed by atoms with Gasteiger partial charge in [0.05, 0.1) is 18.1 Å². The van der Waals surface area contributed by atoms with Crippen molar-refractivity contribution in [1.29, 1.82) is 0 Å². The third-order valence-electron chi connectivity index (χ3n) is 4.83. The van der Waals surface area contributed by atoms with Crippen molar-refractivity contribution < 1.29 is 14.5 Å². The Bertz CT molecular complexity index is 632. The molecule has 8 heteroatoms. The van der Waals surface area contributed by atoms with Gasteiger partial charge in [0.1, 0.15) is 5.69 Å². The number of nitro groups is 1. The maximum absolute atomic E-state index is 13.0. The lowest BCUT2D eigenvalue weighted by Gasteiger charge is -2.30. The SMILES string of the molecule is CCCCCCN(CCN1CCOCC1)C(=O)c1ccc(N)c([N+](=O)[O-])c1. The highest BCUT2D eigenvalue weighted by atomic mass is 16.6. The van der Waals surface area contributed by atoms with Gasteiger partial charge >= 0.3 is 0 Å². The summed E-state index contributed by atoms with van der Waals surface area (Å²) >= 11 is 0. The van der Waals surface area contributed by atoms with Gasteiger partial charge in [-0.15, -0.1) is 0 Å². The van der Waals surface area contributed by atoms with Gasteiger partial charge in [0, 0.05) is 44.4 Å². The number of rotatable bonds is 10. The monoisotopic (exact) mass is 378 g/mol. The van der Waals surface area contributed by atoms with Crippen LogP contribution in [0, 0.1) is 10.1 Å². The number of hydrogen-bond donors (Lipinski definition) is 1. The number of nitrogens with two attached hydrogens (primary N) is 1. The summed E-state index contributed by atoms with van der Waals surface area (Å²) in [6.45, 7) is 7.35. The molecule has 0 spiro atoms. The molecule has 2 rings (SSSR count). The number of benzene rings is 1. The summed E-state index contributed by atoms with van der Waals surface area (Å²) in [7, 11) is 0. The van der Waals surface area contributed by atoms with Crippen molar-refractivity contribution >= 4 is 17.3 Å². The highest BCUT2D eigenvalue weighted by Gasteiger charge is 2.21. The van der Waals surface area contributed by atoms with Gasteiger partial charge < -0.3 is 15.4 Å². The molecule has 0 radical (unpaired) electrons. The highest BCUT2D eigenvalue weighted by molar-refractivity contribution is 5.95. The van der Waals surface area contributed by atoms with Crippen LogP contribution in [0.2, 0.25) is 0 Å². The van der Waals surface area contributed by atoms with Crippen LogP contribution in [0.15, 0.2) is 18.2 Å². The summed E-state index contributed by atoms with van der Waals surface area (Å²) in [5.41, 5.74) is 5.81. The fraction of sp³-hybridized carbons (Fsp3) is 0.632. The molecule has 1 aliphatic heterocycles. The lowest BCUT2D eigenvalue weighted by molar-refractivity contribution is -0.383. The molecule has 0 aromatic heterocycles. The van der Waals surface area contributed by atoms with E-state index in [2.05, 4.69) is 11.8 Å². The first-order valence-corrected chi connectivity index (χ1v) is 9.66. The van der Waals surface area contributed by atoms with Crippen LogP contribution in [-0.2, 0) is 4.74 Å². The molecule has 150 valence electrons. The molecule has 27 heavy (non-hydrogen) atoms. The van der Waals surface area contributed by atoms with E-state index in [0.29, 0.717) is 31.9 Å². The fourth-order valence-corrected chi connectivity index (χ4v) is 3.15. The number of anilines is 1. The second-order valence-corrected chi connectivity index (χ2v) is 6.84. The zero-order valence-electron chi connectivity index (χ0n) is 16.1. The van der Waals surface area contributed by atoms with Crippen LogP contribution in [0.5, 0.6) is 0 Å². The average Bonchev–Trinajstić information content (AvgIpc) is 2.68. The van der Waals surface area contributed by atoms with Gasteiger partial charge in [0.25, 0.3) is 11.6 Å². The molecule has 1 aromatic rings. The summed E-state index contributed by atoms with van der Waals surface area (Å²) < 4.78 is 5.36. The van der Waals surface area contributed by atoms with Gasteiger partial charge in [-0.25, -0.2) is 0 Å². The lowest BCUT2D eigenvalue weighted by Crippen LogP contribution is -2.43. The first-order valence-electron chi connectivity index (χ1n) is 9.66. The molecular weight excluding hydrogens is 348 g/mol. The number of hydrogen-bond acceptors (Lipinski definition) is 6. The molecule has 1 aromatic carbocycles. The minimum absolute atomic E-state index is 0.0689. The smallest absolute Gasteiger partial charge is 0.292 e. The van der Waals surface area contributed by atoms with Gasteiger partial charge in [-0.2, -0.15) is 0 Å². The van der Waals surface area contributed by atoms with Crippen molar-refractivity contribution in [3.63, 3.8) is 0 Å². The van der Waals surface area contributed by atoms with Gasteiger partial charge in [-0.05, 0) is 18.6 Å². The fourth-order valence-electron chi connectivity index (χ4n) is 3.15. The van der Waals surface area contributed by atoms with E-state index in [-0.39, 0.29) is 17.3 Å². The maximum atomic E-state index is 13.0.